The number of nitrogens with one attached hydrogen (secondary N) is 2. The van der Waals surface area contributed by atoms with E-state index in [9.17, 15) is 20.1 Å². The Kier molecular flexibility index (Phi) is 4.69. The maximum Gasteiger partial charge on any atom is 0.331 e. The fourth-order valence-corrected chi connectivity index (χ4v) is 6.37. The van der Waals surface area contributed by atoms with E-state index in [1.165, 1.54) is 18.4 Å². The maximum atomic E-state index is 12.3. The molecule has 0 amide bonds. The Balaban J connectivity index is 1.46. The molecule has 4 unspecified atom stereocenters. The zero-order valence-electron chi connectivity index (χ0n) is 19.5. The van der Waals surface area contributed by atoms with Crippen molar-refractivity contribution < 1.29 is 24.9 Å². The maximum absolute atomic E-state index is 12.3. The van der Waals surface area contributed by atoms with Gasteiger partial charge in [0.25, 0.3) is 0 Å². The molecule has 3 saturated carbocycles. The van der Waals surface area contributed by atoms with Gasteiger partial charge in [0.1, 0.15) is 27.5 Å². The molecule has 3 aliphatic carbocycles. The van der Waals surface area contributed by atoms with Crippen molar-refractivity contribution in [2.45, 2.75) is 62.5 Å². The zero-order chi connectivity index (χ0) is 24.8. The Hall–Kier alpha value is -2.93. The van der Waals surface area contributed by atoms with Gasteiger partial charge < -0.3 is 30.7 Å². The van der Waals surface area contributed by atoms with Crippen LogP contribution in [0.25, 0.3) is 20.8 Å². The number of ether oxygens (including phenoxy) is 1. The van der Waals surface area contributed by atoms with Crippen LogP contribution >= 0.6 is 11.3 Å². The van der Waals surface area contributed by atoms with E-state index in [0.29, 0.717) is 35.5 Å². The molecule has 0 radical (unpaired) electrons. The van der Waals surface area contributed by atoms with E-state index < -0.39 is 28.9 Å². The van der Waals surface area contributed by atoms with Crippen molar-refractivity contribution in [3.63, 3.8) is 0 Å². The molecule has 11 nitrogen and oxygen atoms in total. The van der Waals surface area contributed by atoms with Crippen molar-refractivity contribution in [2.75, 3.05) is 17.7 Å². The molecule has 184 valence electrons. The van der Waals surface area contributed by atoms with Crippen molar-refractivity contribution in [1.82, 2.24) is 19.9 Å². The number of fused-ring (bicyclic) bond motifs is 2. The minimum atomic E-state index is -1.78. The predicted octanol–water partition coefficient (Wildman–Crippen LogP) is 1.50. The summed E-state index contributed by atoms with van der Waals surface area (Å²) in [6.07, 6.45) is 2.61. The lowest BCUT2D eigenvalue weighted by molar-refractivity contribution is -0.142. The molecule has 0 aromatic carbocycles. The number of hydrogen-bond acceptors (Lipinski definition) is 12. The number of hydrogen-bond donors (Lipinski definition) is 5. The summed E-state index contributed by atoms with van der Waals surface area (Å²) in [5, 5.41) is 39.3. The topological polar surface area (TPSA) is 163 Å². The van der Waals surface area contributed by atoms with Gasteiger partial charge in [0.05, 0.1) is 34.9 Å². The van der Waals surface area contributed by atoms with Crippen LogP contribution in [0.1, 0.15) is 37.1 Å². The van der Waals surface area contributed by atoms with E-state index in [0.717, 1.165) is 15.9 Å². The van der Waals surface area contributed by atoms with Gasteiger partial charge in [0.2, 0.25) is 5.95 Å². The molecular formula is C23H26N6O5S. The molecule has 3 heterocycles. The number of rotatable bonds is 6. The highest BCUT2D eigenvalue weighted by molar-refractivity contribution is 7.21. The van der Waals surface area contributed by atoms with E-state index in [-0.39, 0.29) is 24.2 Å². The number of esters is 1. The highest BCUT2D eigenvalue weighted by Crippen LogP contribution is 2.61. The fraction of sp³-hybridized carbons (Fsp3) is 0.522. The number of carbonyl (C=O) groups excluding carboxylic acids is 1. The van der Waals surface area contributed by atoms with Crippen molar-refractivity contribution in [1.29, 1.82) is 0 Å². The molecule has 3 aromatic rings. The normalized spacial score (nSPS) is 30.1. The second-order valence-electron chi connectivity index (χ2n) is 9.72. The molecule has 0 saturated heterocycles. The second kappa shape index (κ2) is 7.29. The third kappa shape index (κ3) is 3.17. The van der Waals surface area contributed by atoms with Crippen LogP contribution in [0.3, 0.4) is 0 Å². The van der Waals surface area contributed by atoms with E-state index in [4.69, 9.17) is 9.72 Å². The zero-order valence-corrected chi connectivity index (χ0v) is 20.3. The molecule has 5 N–H and O–H groups in total. The van der Waals surface area contributed by atoms with E-state index in [2.05, 4.69) is 25.6 Å². The molecule has 6 rings (SSSR count). The van der Waals surface area contributed by atoms with Gasteiger partial charge in [-0.1, -0.05) is 0 Å². The number of anilines is 2. The summed E-state index contributed by atoms with van der Waals surface area (Å²) in [6, 6.07) is 1.88. The summed E-state index contributed by atoms with van der Waals surface area (Å²) < 4.78 is 5.87. The molecule has 4 atom stereocenters. The summed E-state index contributed by atoms with van der Waals surface area (Å²) >= 11 is 1.44. The van der Waals surface area contributed by atoms with E-state index >= 15 is 0 Å². The van der Waals surface area contributed by atoms with Crippen LogP contribution in [-0.2, 0) is 9.53 Å². The molecule has 3 fully saturated rings. The third-order valence-corrected chi connectivity index (χ3v) is 8.60. The average molecular weight is 499 g/mol. The Labute approximate surface area is 204 Å². The number of nitrogens with zero attached hydrogens (tertiary/aromatic N) is 4. The minimum Gasteiger partial charge on any atom is -0.467 e. The summed E-state index contributed by atoms with van der Waals surface area (Å²) in [4.78, 5) is 30.6. The first kappa shape index (κ1) is 22.5. The molecule has 0 bridgehead atoms. The lowest BCUT2D eigenvalue weighted by atomic mass is 10.0. The van der Waals surface area contributed by atoms with Crippen LogP contribution in [0.2, 0.25) is 0 Å². The first-order chi connectivity index (χ1) is 16.6. The number of carbonyl (C=O) groups is 1. The quantitative estimate of drug-likeness (QED) is 0.247. The summed E-state index contributed by atoms with van der Waals surface area (Å²) in [6.45, 7) is 3.68. The number of thiazole rings is 1. The number of methoxy groups -OCH3 is 1. The summed E-state index contributed by atoms with van der Waals surface area (Å²) in [7, 11) is 1.34. The van der Waals surface area contributed by atoms with Crippen LogP contribution in [0, 0.1) is 19.8 Å². The number of aromatic nitrogens is 4. The lowest BCUT2D eigenvalue weighted by Crippen LogP contribution is -2.51. The minimum absolute atomic E-state index is 0.192. The molecule has 35 heavy (non-hydrogen) atoms. The second-order valence-corrected chi connectivity index (χ2v) is 10.7. The van der Waals surface area contributed by atoms with Gasteiger partial charge in [-0.05, 0) is 45.6 Å². The van der Waals surface area contributed by atoms with Crippen LogP contribution in [0.15, 0.2) is 12.3 Å². The highest BCUT2D eigenvalue weighted by Gasteiger charge is 2.78. The molecule has 0 spiro atoms. The third-order valence-electron chi connectivity index (χ3n) is 7.56. The Bertz CT molecular complexity index is 1380. The van der Waals surface area contributed by atoms with Crippen molar-refractivity contribution in [2.24, 2.45) is 5.92 Å². The lowest BCUT2D eigenvalue weighted by Gasteiger charge is -2.33. The van der Waals surface area contributed by atoms with Gasteiger partial charge >= 0.3 is 5.97 Å². The van der Waals surface area contributed by atoms with Gasteiger partial charge in [-0.15, -0.1) is 11.3 Å². The van der Waals surface area contributed by atoms with Crippen LogP contribution in [0.5, 0.6) is 0 Å². The van der Waals surface area contributed by atoms with Gasteiger partial charge in [-0.2, -0.15) is 4.98 Å². The molecule has 12 heteroatoms. The van der Waals surface area contributed by atoms with E-state index in [1.807, 2.05) is 13.0 Å². The SMILES string of the molecule is COC(=O)C1(Nc2nc(C)c(-c3nc4c(C)nccc4s3)c(NC3(O)CCC4C(O)C43O)n2)CC1. The standard InChI is InChI=1S/C23H26N6O5S/c1-10-14(18-26-15-11(2)24-9-5-13(15)35-18)17(28-22(32)6-4-12-16(30)23(12,22)33)27-20(25-10)29-21(7-8-21)19(31)34-3/h5,9,12,16,30,32-33H,4,6-8H2,1-3H3,(H2,25,27,28,29). The Morgan fingerprint density at radius 3 is 2.54 bits per heavy atom. The van der Waals surface area contributed by atoms with Crippen LogP contribution < -0.4 is 10.6 Å². The molecule has 3 aliphatic rings. The Morgan fingerprint density at radius 2 is 1.91 bits per heavy atom. The van der Waals surface area contributed by atoms with Gasteiger partial charge in [-0.3, -0.25) is 4.98 Å². The van der Waals surface area contributed by atoms with Crippen molar-refractivity contribution in [3.05, 3.63) is 23.7 Å². The predicted molar refractivity (Wildman–Crippen MR) is 128 cm³/mol. The first-order valence-electron chi connectivity index (χ1n) is 11.5. The number of aliphatic hydroxyl groups is 3. The summed E-state index contributed by atoms with van der Waals surface area (Å²) in [5.74, 6) is -0.341. The van der Waals surface area contributed by atoms with Crippen molar-refractivity contribution >= 4 is 39.3 Å². The van der Waals surface area contributed by atoms with E-state index in [1.54, 1.807) is 13.1 Å². The number of pyridine rings is 1. The van der Waals surface area contributed by atoms with Crippen LogP contribution in [0.4, 0.5) is 11.8 Å². The monoisotopic (exact) mass is 498 g/mol. The largest absolute Gasteiger partial charge is 0.467 e. The van der Waals surface area contributed by atoms with Crippen molar-refractivity contribution in [3.8, 4) is 10.6 Å². The van der Waals surface area contributed by atoms with Crippen LogP contribution in [-0.4, -0.2) is 71.3 Å². The molecule has 3 aromatic heterocycles. The van der Waals surface area contributed by atoms with Gasteiger partial charge in [0.15, 0.2) is 5.72 Å². The summed E-state index contributed by atoms with van der Waals surface area (Å²) in [5.41, 5.74) is -1.63. The first-order valence-corrected chi connectivity index (χ1v) is 12.3. The molecule has 0 aliphatic heterocycles. The number of aliphatic hydroxyl groups excluding tert-OH is 1. The fourth-order valence-electron chi connectivity index (χ4n) is 5.26. The van der Waals surface area contributed by atoms with Gasteiger partial charge in [-0.25, -0.2) is 14.8 Å². The number of aryl methyl sites for hydroxylation is 2. The smallest absolute Gasteiger partial charge is 0.331 e. The highest BCUT2D eigenvalue weighted by atomic mass is 32.1. The Morgan fingerprint density at radius 1 is 1.14 bits per heavy atom. The average Bonchev–Trinajstić information content (AvgIpc) is 3.59. The van der Waals surface area contributed by atoms with Gasteiger partial charge in [0, 0.05) is 12.1 Å². The molecular weight excluding hydrogens is 472 g/mol.